The number of esters is 1. The summed E-state index contributed by atoms with van der Waals surface area (Å²) in [6.45, 7) is 15.9. The standard InChI is InChI=1S/C38H69NO14/c1-15-37(9)38(10,46)29(42)20(3)27(41)19(2)17-35(7,45)31(51-34-25(40)16-24(39(11)12)33(47-13)52-34)21(4)28(22(5)32(44)53-37)50-26-18-36(8,48-14)30(43)23(6)49-26/h19-26,28-31,33-34,40,42-43,45-46H,15-18H2,1-14H3/t19-,20+,21+,22-,23+,24-,25-,26?,28+,29-,30+,31-,33+,34?,35-,36-,37-,38+/m1/s1. The van der Waals surface area contributed by atoms with Gasteiger partial charge in [0.15, 0.2) is 18.9 Å². The summed E-state index contributed by atoms with van der Waals surface area (Å²) in [5.41, 5.74) is -6.63. The van der Waals surface area contributed by atoms with Crippen LogP contribution in [0.1, 0.15) is 94.9 Å². The molecule has 0 aromatic rings. The minimum absolute atomic E-state index is 0.0742. The molecular weight excluding hydrogens is 694 g/mol. The zero-order valence-electron chi connectivity index (χ0n) is 34.3. The molecular formula is C38H69NO14. The van der Waals surface area contributed by atoms with E-state index in [1.54, 1.807) is 41.5 Å². The predicted octanol–water partition coefficient (Wildman–Crippen LogP) is 1.76. The van der Waals surface area contributed by atoms with Gasteiger partial charge >= 0.3 is 5.97 Å². The number of ether oxygens (including phenoxy) is 7. The first kappa shape index (κ1) is 46.0. The number of carbonyl (C=O) groups excluding carboxylic acids is 2. The molecule has 15 nitrogen and oxygen atoms in total. The van der Waals surface area contributed by atoms with E-state index in [1.165, 1.54) is 41.9 Å². The van der Waals surface area contributed by atoms with Crippen molar-refractivity contribution in [1.29, 1.82) is 0 Å². The Hall–Kier alpha value is -1.34. The fraction of sp³-hybridized carbons (Fsp3) is 0.947. The Kier molecular flexibility index (Phi) is 15.1. The van der Waals surface area contributed by atoms with Crippen LogP contribution >= 0.6 is 0 Å². The summed E-state index contributed by atoms with van der Waals surface area (Å²) < 4.78 is 42.9. The lowest BCUT2D eigenvalue weighted by Crippen LogP contribution is -2.63. The maximum absolute atomic E-state index is 14.3. The van der Waals surface area contributed by atoms with Gasteiger partial charge in [-0.3, -0.25) is 9.59 Å². The summed E-state index contributed by atoms with van der Waals surface area (Å²) in [4.78, 5) is 30.1. The van der Waals surface area contributed by atoms with E-state index in [-0.39, 0.29) is 31.7 Å². The fourth-order valence-electron chi connectivity index (χ4n) is 8.42. The quantitative estimate of drug-likeness (QED) is 0.224. The highest BCUT2D eigenvalue weighted by atomic mass is 16.8. The Bertz CT molecular complexity index is 1230. The molecule has 3 saturated heterocycles. The first-order valence-corrected chi connectivity index (χ1v) is 18.9. The second-order valence-corrected chi connectivity index (χ2v) is 16.9. The minimum Gasteiger partial charge on any atom is -0.456 e. The lowest BCUT2D eigenvalue weighted by molar-refractivity contribution is -0.342. The largest absolute Gasteiger partial charge is 0.456 e. The van der Waals surface area contributed by atoms with Crippen LogP contribution in [0.15, 0.2) is 0 Å². The molecule has 15 heteroatoms. The molecule has 0 bridgehead atoms. The molecule has 3 heterocycles. The third kappa shape index (κ3) is 9.45. The van der Waals surface area contributed by atoms with Crippen molar-refractivity contribution in [3.8, 4) is 0 Å². The zero-order valence-corrected chi connectivity index (χ0v) is 34.3. The molecule has 0 saturated carbocycles. The number of carbonyl (C=O) groups is 2. The van der Waals surface area contributed by atoms with Crippen LogP contribution in [0.25, 0.3) is 0 Å². The maximum Gasteiger partial charge on any atom is 0.311 e. The van der Waals surface area contributed by atoms with E-state index in [2.05, 4.69) is 0 Å². The molecule has 53 heavy (non-hydrogen) atoms. The van der Waals surface area contributed by atoms with E-state index in [9.17, 15) is 35.1 Å². The molecule has 310 valence electrons. The first-order valence-electron chi connectivity index (χ1n) is 18.9. The van der Waals surface area contributed by atoms with E-state index < -0.39 is 113 Å². The van der Waals surface area contributed by atoms with E-state index in [0.717, 1.165) is 0 Å². The Morgan fingerprint density at radius 2 is 1.45 bits per heavy atom. The molecule has 3 aliphatic rings. The highest BCUT2D eigenvalue weighted by Crippen LogP contribution is 2.42. The van der Waals surface area contributed by atoms with Crippen molar-refractivity contribution < 1.29 is 68.3 Å². The molecule has 3 aliphatic heterocycles. The van der Waals surface area contributed by atoms with Crippen LogP contribution in [0.2, 0.25) is 0 Å². The number of hydrogen-bond acceptors (Lipinski definition) is 15. The number of cyclic esters (lactones) is 1. The van der Waals surface area contributed by atoms with Crippen molar-refractivity contribution in [1.82, 2.24) is 4.90 Å². The predicted molar refractivity (Wildman–Crippen MR) is 192 cm³/mol. The molecule has 18 atom stereocenters. The van der Waals surface area contributed by atoms with Gasteiger partial charge in [0.1, 0.15) is 29.2 Å². The van der Waals surface area contributed by atoms with Crippen molar-refractivity contribution in [2.45, 2.75) is 179 Å². The average molecular weight is 764 g/mol. The number of aliphatic hydroxyl groups excluding tert-OH is 3. The summed E-state index contributed by atoms with van der Waals surface area (Å²) in [6.07, 6.45) is -9.78. The van der Waals surface area contributed by atoms with Gasteiger partial charge in [-0.25, -0.2) is 0 Å². The van der Waals surface area contributed by atoms with E-state index in [0.29, 0.717) is 0 Å². The van der Waals surface area contributed by atoms with Gasteiger partial charge < -0.3 is 63.6 Å². The molecule has 0 spiro atoms. The van der Waals surface area contributed by atoms with Gasteiger partial charge in [-0.15, -0.1) is 0 Å². The minimum atomic E-state index is -2.07. The third-order valence-corrected chi connectivity index (χ3v) is 12.6. The normalized spacial score (nSPS) is 49.7. The summed E-state index contributed by atoms with van der Waals surface area (Å²) in [6, 6.07) is -0.311. The third-order valence-electron chi connectivity index (χ3n) is 12.6. The molecule has 0 aromatic carbocycles. The molecule has 0 aliphatic carbocycles. The van der Waals surface area contributed by atoms with Gasteiger partial charge in [-0.05, 0) is 74.9 Å². The molecule has 0 aromatic heterocycles. The number of methoxy groups -OCH3 is 2. The number of Topliss-reactive ketones (excluding diaryl/α,β-unsaturated/α-hetero) is 1. The van der Waals surface area contributed by atoms with E-state index >= 15 is 0 Å². The number of aliphatic hydroxyl groups is 5. The molecule has 2 unspecified atom stereocenters. The van der Waals surface area contributed by atoms with Crippen molar-refractivity contribution in [3.63, 3.8) is 0 Å². The van der Waals surface area contributed by atoms with Gasteiger partial charge in [-0.1, -0.05) is 27.7 Å². The lowest BCUT2D eigenvalue weighted by atomic mass is 9.71. The second kappa shape index (κ2) is 17.4. The van der Waals surface area contributed by atoms with Crippen molar-refractivity contribution in [2.75, 3.05) is 28.3 Å². The van der Waals surface area contributed by atoms with Gasteiger partial charge in [0, 0.05) is 38.4 Å². The van der Waals surface area contributed by atoms with Gasteiger partial charge in [-0.2, -0.15) is 0 Å². The second-order valence-electron chi connectivity index (χ2n) is 16.9. The highest BCUT2D eigenvalue weighted by molar-refractivity contribution is 5.83. The molecule has 3 fully saturated rings. The molecule has 0 radical (unpaired) electrons. The fourth-order valence-corrected chi connectivity index (χ4v) is 8.42. The highest BCUT2D eigenvalue weighted by Gasteiger charge is 2.56. The average Bonchev–Trinajstić information content (AvgIpc) is 3.09. The van der Waals surface area contributed by atoms with Crippen molar-refractivity contribution in [3.05, 3.63) is 0 Å². The Morgan fingerprint density at radius 1 is 0.849 bits per heavy atom. The van der Waals surface area contributed by atoms with Crippen LogP contribution in [0.4, 0.5) is 0 Å². The van der Waals surface area contributed by atoms with Crippen LogP contribution in [0.5, 0.6) is 0 Å². The maximum atomic E-state index is 14.3. The van der Waals surface area contributed by atoms with E-state index in [4.69, 9.17) is 33.2 Å². The van der Waals surface area contributed by atoms with Gasteiger partial charge in [0.05, 0.1) is 47.6 Å². The smallest absolute Gasteiger partial charge is 0.311 e. The van der Waals surface area contributed by atoms with Crippen LogP contribution in [0, 0.1) is 23.7 Å². The molecule has 0 amide bonds. The van der Waals surface area contributed by atoms with Crippen molar-refractivity contribution >= 4 is 11.8 Å². The van der Waals surface area contributed by atoms with Crippen LogP contribution in [0.3, 0.4) is 0 Å². The number of nitrogens with zero attached hydrogens (tertiary/aromatic N) is 1. The zero-order chi connectivity index (χ0) is 40.6. The molecule has 5 N–H and O–H groups in total. The molecule has 3 rings (SSSR count). The summed E-state index contributed by atoms with van der Waals surface area (Å²) in [5.74, 6) is -5.19. The number of hydrogen-bond donors (Lipinski definition) is 5. The number of ketones is 1. The van der Waals surface area contributed by atoms with Crippen LogP contribution in [-0.4, -0.2) is 154 Å². The van der Waals surface area contributed by atoms with E-state index in [1.807, 2.05) is 19.0 Å². The first-order chi connectivity index (χ1) is 24.3. The van der Waals surface area contributed by atoms with Gasteiger partial charge in [0.2, 0.25) is 0 Å². The summed E-state index contributed by atoms with van der Waals surface area (Å²) in [5, 5.41) is 58.0. The number of likely N-dealkylation sites (N-methyl/N-ethyl adjacent to an activating group) is 1. The Labute approximate surface area is 315 Å². The van der Waals surface area contributed by atoms with Gasteiger partial charge in [0.25, 0.3) is 0 Å². The topological polar surface area (TPSA) is 203 Å². The van der Waals surface area contributed by atoms with Crippen LogP contribution in [-0.2, 0) is 42.7 Å². The van der Waals surface area contributed by atoms with Crippen LogP contribution < -0.4 is 0 Å². The Balaban J connectivity index is 2.20. The van der Waals surface area contributed by atoms with Crippen molar-refractivity contribution in [2.24, 2.45) is 23.7 Å². The number of rotatable bonds is 8. The summed E-state index contributed by atoms with van der Waals surface area (Å²) >= 11 is 0. The lowest BCUT2D eigenvalue weighted by Gasteiger charge is -2.49. The SMILES string of the molecule is CC[C@@]1(C)OC(=O)[C@H](C)[C@@H](OC2C[C@@](C)(OC)[C@@H](O)[C@H](C)O2)[C@H](C)[C@@H](OC2O[C@H](OC)[C@H](N(C)C)C[C@H]2O)[C@](C)(O)C[C@@H](C)C(=O)[C@H](C)[C@@H](O)[C@]1(C)O. The summed E-state index contributed by atoms with van der Waals surface area (Å²) in [7, 11) is 6.62. The Morgan fingerprint density at radius 3 is 1.98 bits per heavy atom. The monoisotopic (exact) mass is 763 g/mol.